The second kappa shape index (κ2) is 4.92. The van der Waals surface area contributed by atoms with Crippen molar-refractivity contribution in [3.05, 3.63) is 54.4 Å². The van der Waals surface area contributed by atoms with E-state index >= 15 is 0 Å². The molecule has 0 atom stereocenters. The summed E-state index contributed by atoms with van der Waals surface area (Å²) in [4.78, 5) is 12.3. The fourth-order valence-corrected chi connectivity index (χ4v) is 2.38. The second-order valence-corrected chi connectivity index (χ2v) is 6.51. The summed E-state index contributed by atoms with van der Waals surface area (Å²) in [6, 6.07) is 14.0. The van der Waals surface area contributed by atoms with Crippen molar-refractivity contribution < 1.29 is 9.53 Å². The van der Waals surface area contributed by atoms with Crippen LogP contribution in [0.25, 0.3) is 16.3 Å². The first-order valence-corrected chi connectivity index (χ1v) is 7.12. The molecule has 0 saturated carbocycles. The monoisotopic (exact) mass is 281 g/mol. The zero-order chi connectivity index (χ0) is 15.0. The average Bonchev–Trinajstić information content (AvgIpc) is 2.88. The van der Waals surface area contributed by atoms with Crippen LogP contribution in [0.5, 0.6) is 0 Å². The van der Waals surface area contributed by atoms with Gasteiger partial charge < -0.3 is 9.14 Å². The van der Waals surface area contributed by atoms with Crippen molar-refractivity contribution in [1.29, 1.82) is 0 Å². The summed E-state index contributed by atoms with van der Waals surface area (Å²) in [6.07, 6.45) is 1.92. The molecular weight excluding hydrogens is 262 g/mol. The van der Waals surface area contributed by atoms with E-state index in [0.717, 1.165) is 16.3 Å². The molecule has 0 saturated heterocycles. The molecule has 3 heteroatoms. The fraction of sp³-hybridized carbons (Fsp3) is 0.278. The molecule has 0 aliphatic rings. The van der Waals surface area contributed by atoms with Crippen LogP contribution in [0.1, 0.15) is 31.3 Å². The van der Waals surface area contributed by atoms with Gasteiger partial charge in [0.05, 0.1) is 12.1 Å². The Balaban J connectivity index is 2.01. The van der Waals surface area contributed by atoms with E-state index in [2.05, 4.69) is 12.1 Å². The van der Waals surface area contributed by atoms with Gasteiger partial charge in [0.1, 0.15) is 5.69 Å². The Hall–Kier alpha value is -2.29. The molecule has 0 N–H and O–H groups in total. The van der Waals surface area contributed by atoms with Crippen LogP contribution in [0.3, 0.4) is 0 Å². The van der Waals surface area contributed by atoms with E-state index in [-0.39, 0.29) is 11.4 Å². The smallest absolute Gasteiger partial charge is 0.355 e. The lowest BCUT2D eigenvalue weighted by molar-refractivity contribution is 0.0359. The van der Waals surface area contributed by atoms with Gasteiger partial charge in [-0.1, -0.05) is 45.0 Å². The molecule has 21 heavy (non-hydrogen) atoms. The summed E-state index contributed by atoms with van der Waals surface area (Å²) in [6.45, 7) is 6.55. The van der Waals surface area contributed by atoms with Crippen LogP contribution in [0.4, 0.5) is 0 Å². The molecule has 0 aliphatic carbocycles. The van der Waals surface area contributed by atoms with Gasteiger partial charge in [-0.2, -0.15) is 0 Å². The molecule has 0 amide bonds. The first-order chi connectivity index (χ1) is 9.96. The van der Waals surface area contributed by atoms with Crippen LogP contribution in [-0.4, -0.2) is 17.0 Å². The van der Waals surface area contributed by atoms with Crippen LogP contribution >= 0.6 is 0 Å². The third-order valence-electron chi connectivity index (χ3n) is 3.40. The summed E-state index contributed by atoms with van der Waals surface area (Å²) in [5.74, 6) is -0.278. The van der Waals surface area contributed by atoms with E-state index in [0.29, 0.717) is 12.3 Å². The first kappa shape index (κ1) is 13.7. The quantitative estimate of drug-likeness (QED) is 0.656. The molecule has 2 aromatic heterocycles. The Morgan fingerprint density at radius 2 is 1.86 bits per heavy atom. The van der Waals surface area contributed by atoms with Crippen molar-refractivity contribution in [3.63, 3.8) is 0 Å². The number of carbonyl (C=O) groups is 1. The van der Waals surface area contributed by atoms with Gasteiger partial charge >= 0.3 is 5.97 Å². The predicted octanol–water partition coefficient (Wildman–Crippen LogP) is 4.30. The maximum atomic E-state index is 12.3. The number of fused-ring (bicyclic) bond motifs is 3. The van der Waals surface area contributed by atoms with Crippen LogP contribution < -0.4 is 0 Å². The van der Waals surface area contributed by atoms with E-state index < -0.39 is 0 Å². The van der Waals surface area contributed by atoms with Crippen molar-refractivity contribution in [2.45, 2.75) is 20.8 Å². The lowest BCUT2D eigenvalue weighted by Gasteiger charge is -2.17. The van der Waals surface area contributed by atoms with Crippen LogP contribution in [0, 0.1) is 5.41 Å². The molecule has 3 nitrogen and oxygen atoms in total. The standard InChI is InChI=1S/C18H19NO2/c1-18(2,3)12-21-17(20)16-9-8-15-14-7-5-4-6-13(14)10-11-19(15)16/h4-11H,12H2,1-3H3. The predicted molar refractivity (Wildman–Crippen MR) is 84.6 cm³/mol. The molecule has 0 aliphatic heterocycles. The summed E-state index contributed by atoms with van der Waals surface area (Å²) >= 11 is 0. The van der Waals surface area contributed by atoms with Crippen LogP contribution in [0.2, 0.25) is 0 Å². The van der Waals surface area contributed by atoms with Crippen LogP contribution in [0.15, 0.2) is 48.7 Å². The van der Waals surface area contributed by atoms with Crippen molar-refractivity contribution in [2.24, 2.45) is 5.41 Å². The Bertz CT molecular complexity index is 809. The zero-order valence-corrected chi connectivity index (χ0v) is 12.6. The highest BCUT2D eigenvalue weighted by Gasteiger charge is 2.17. The number of hydrogen-bond acceptors (Lipinski definition) is 2. The Morgan fingerprint density at radius 3 is 2.62 bits per heavy atom. The van der Waals surface area contributed by atoms with Crippen molar-refractivity contribution in [1.82, 2.24) is 4.40 Å². The number of ether oxygens (including phenoxy) is 1. The SMILES string of the molecule is CC(C)(C)COC(=O)c1ccc2c3ccccc3ccn12. The molecule has 3 rings (SSSR count). The largest absolute Gasteiger partial charge is 0.460 e. The van der Waals surface area contributed by atoms with Crippen molar-refractivity contribution in [3.8, 4) is 0 Å². The van der Waals surface area contributed by atoms with Gasteiger partial charge in [-0.15, -0.1) is 0 Å². The van der Waals surface area contributed by atoms with Gasteiger partial charge in [0.2, 0.25) is 0 Å². The average molecular weight is 281 g/mol. The number of hydrogen-bond donors (Lipinski definition) is 0. The lowest BCUT2D eigenvalue weighted by atomic mass is 9.99. The minimum absolute atomic E-state index is 0.0323. The molecular formula is C18H19NO2. The summed E-state index contributed by atoms with van der Waals surface area (Å²) in [5.41, 5.74) is 1.56. The van der Waals surface area contributed by atoms with Gasteiger partial charge in [0.25, 0.3) is 0 Å². The molecule has 108 valence electrons. The Morgan fingerprint density at radius 1 is 1.10 bits per heavy atom. The molecule has 2 heterocycles. The molecule has 3 aromatic rings. The van der Waals surface area contributed by atoms with E-state index in [4.69, 9.17) is 4.74 Å². The van der Waals surface area contributed by atoms with E-state index in [1.807, 2.05) is 61.7 Å². The number of benzene rings is 1. The Labute approximate surface area is 124 Å². The van der Waals surface area contributed by atoms with E-state index in [1.54, 1.807) is 0 Å². The van der Waals surface area contributed by atoms with Gasteiger partial charge in [-0.3, -0.25) is 0 Å². The van der Waals surface area contributed by atoms with Gasteiger partial charge in [0, 0.05) is 11.6 Å². The van der Waals surface area contributed by atoms with Gasteiger partial charge in [0.15, 0.2) is 0 Å². The highest BCUT2D eigenvalue weighted by molar-refractivity contribution is 5.99. The Kier molecular flexibility index (Phi) is 3.20. The number of nitrogens with zero attached hydrogens (tertiary/aromatic N) is 1. The summed E-state index contributed by atoms with van der Waals surface area (Å²) < 4.78 is 7.31. The van der Waals surface area contributed by atoms with Crippen molar-refractivity contribution in [2.75, 3.05) is 6.61 Å². The first-order valence-electron chi connectivity index (χ1n) is 7.12. The third kappa shape index (κ3) is 2.64. The van der Waals surface area contributed by atoms with E-state index in [1.165, 1.54) is 0 Å². The topological polar surface area (TPSA) is 30.7 Å². The minimum Gasteiger partial charge on any atom is -0.460 e. The number of aromatic nitrogens is 1. The highest BCUT2D eigenvalue weighted by atomic mass is 16.5. The van der Waals surface area contributed by atoms with Crippen LogP contribution in [-0.2, 0) is 4.74 Å². The molecule has 1 aromatic carbocycles. The second-order valence-electron chi connectivity index (χ2n) is 6.51. The van der Waals surface area contributed by atoms with Crippen molar-refractivity contribution >= 4 is 22.3 Å². The molecule has 0 bridgehead atoms. The number of carbonyl (C=O) groups excluding carboxylic acids is 1. The number of rotatable bonds is 2. The lowest BCUT2D eigenvalue weighted by Crippen LogP contribution is -2.19. The molecule has 0 unspecified atom stereocenters. The number of esters is 1. The summed E-state index contributed by atoms with van der Waals surface area (Å²) in [5, 5.41) is 2.30. The molecule has 0 fully saturated rings. The van der Waals surface area contributed by atoms with E-state index in [9.17, 15) is 4.79 Å². The summed E-state index contributed by atoms with van der Waals surface area (Å²) in [7, 11) is 0. The number of pyridine rings is 1. The third-order valence-corrected chi connectivity index (χ3v) is 3.40. The molecule has 0 spiro atoms. The van der Waals surface area contributed by atoms with Gasteiger partial charge in [-0.05, 0) is 29.0 Å². The minimum atomic E-state index is -0.278. The fourth-order valence-electron chi connectivity index (χ4n) is 2.38. The normalized spacial score (nSPS) is 12.0. The maximum absolute atomic E-state index is 12.3. The highest BCUT2D eigenvalue weighted by Crippen LogP contribution is 2.23. The zero-order valence-electron chi connectivity index (χ0n) is 12.6. The van der Waals surface area contributed by atoms with Gasteiger partial charge in [-0.25, -0.2) is 4.79 Å². The molecule has 0 radical (unpaired) electrons. The maximum Gasteiger partial charge on any atom is 0.355 e.